The van der Waals surface area contributed by atoms with Crippen LogP contribution in [0.25, 0.3) is 0 Å². The topological polar surface area (TPSA) is 80.6 Å². The summed E-state index contributed by atoms with van der Waals surface area (Å²) in [7, 11) is 1.26. The highest BCUT2D eigenvalue weighted by Crippen LogP contribution is 2.34. The van der Waals surface area contributed by atoms with E-state index in [0.717, 1.165) is 17.7 Å². The number of carboxylic acid groups (broad SMARTS) is 1. The summed E-state index contributed by atoms with van der Waals surface area (Å²) in [6.45, 7) is 0.0993. The van der Waals surface area contributed by atoms with Crippen molar-refractivity contribution in [1.29, 1.82) is 0 Å². The molecule has 0 fully saturated rings. The van der Waals surface area contributed by atoms with Gasteiger partial charge in [0.05, 0.1) is 35.5 Å². The lowest BCUT2D eigenvalue weighted by atomic mass is 10.1. The Balaban J connectivity index is 1.87. The Morgan fingerprint density at radius 1 is 1.09 bits per heavy atom. The monoisotopic (exact) mass is 514 g/mol. The van der Waals surface area contributed by atoms with E-state index in [0.29, 0.717) is 12.1 Å². The fraction of sp³-hybridized carbons (Fsp3) is 0.217. The van der Waals surface area contributed by atoms with E-state index in [4.69, 9.17) is 33.0 Å². The summed E-state index contributed by atoms with van der Waals surface area (Å²) in [5.74, 6) is -1.04. The number of carboxylic acids is 1. The smallest absolute Gasteiger partial charge is 0.416 e. The van der Waals surface area contributed by atoms with Crippen LogP contribution in [0.3, 0.4) is 0 Å². The zero-order valence-corrected chi connectivity index (χ0v) is 19.3. The molecule has 0 atom stereocenters. The Labute approximate surface area is 202 Å². The Morgan fingerprint density at radius 2 is 1.76 bits per heavy atom. The predicted molar refractivity (Wildman–Crippen MR) is 123 cm³/mol. The van der Waals surface area contributed by atoms with Crippen molar-refractivity contribution in [3.05, 3.63) is 91.3 Å². The SMILES string of the molecule is COc1cc(NCc2c(Cl)cc(Cl)c(=O)n2CCc2ccc(C(=O)O)cc2)cc(C(F)(F)F)c1. The van der Waals surface area contributed by atoms with Crippen molar-refractivity contribution in [1.82, 2.24) is 4.57 Å². The Hall–Kier alpha value is -3.17. The maximum atomic E-state index is 13.2. The second-order valence-electron chi connectivity index (χ2n) is 7.30. The van der Waals surface area contributed by atoms with E-state index in [1.807, 2.05) is 0 Å². The molecule has 0 aliphatic heterocycles. The molecule has 6 nitrogen and oxygen atoms in total. The van der Waals surface area contributed by atoms with Crippen LogP contribution >= 0.6 is 23.2 Å². The number of ether oxygens (including phenoxy) is 1. The summed E-state index contributed by atoms with van der Waals surface area (Å²) >= 11 is 12.3. The number of nitrogens with zero attached hydrogens (tertiary/aromatic N) is 1. The van der Waals surface area contributed by atoms with Crippen LogP contribution in [-0.2, 0) is 25.7 Å². The van der Waals surface area contributed by atoms with Crippen LogP contribution in [0, 0.1) is 0 Å². The first-order valence-electron chi connectivity index (χ1n) is 9.89. The summed E-state index contributed by atoms with van der Waals surface area (Å²) in [5, 5.41) is 11.9. The van der Waals surface area contributed by atoms with Crippen LogP contribution in [-0.4, -0.2) is 22.8 Å². The number of aryl methyl sites for hydroxylation is 1. The van der Waals surface area contributed by atoms with Gasteiger partial charge in [-0.15, -0.1) is 0 Å². The van der Waals surface area contributed by atoms with Gasteiger partial charge in [0.25, 0.3) is 5.56 Å². The number of carbonyl (C=O) groups is 1. The average molecular weight is 515 g/mol. The highest BCUT2D eigenvalue weighted by molar-refractivity contribution is 6.34. The lowest BCUT2D eigenvalue weighted by Gasteiger charge is -2.18. The van der Waals surface area contributed by atoms with Crippen molar-refractivity contribution in [2.24, 2.45) is 0 Å². The fourth-order valence-electron chi connectivity index (χ4n) is 3.28. The van der Waals surface area contributed by atoms with E-state index >= 15 is 0 Å². The summed E-state index contributed by atoms with van der Waals surface area (Å²) in [5.41, 5.74) is -0.0383. The summed E-state index contributed by atoms with van der Waals surface area (Å²) in [4.78, 5) is 23.7. The molecule has 0 bridgehead atoms. The van der Waals surface area contributed by atoms with Crippen LogP contribution in [0.1, 0.15) is 27.2 Å². The van der Waals surface area contributed by atoms with Crippen molar-refractivity contribution in [2.45, 2.75) is 25.7 Å². The molecule has 0 amide bonds. The summed E-state index contributed by atoms with van der Waals surface area (Å²) in [6.07, 6.45) is -4.21. The first kappa shape index (κ1) is 25.5. The van der Waals surface area contributed by atoms with E-state index < -0.39 is 23.3 Å². The zero-order chi connectivity index (χ0) is 25.0. The number of alkyl halides is 3. The number of nitrogens with one attached hydrogen (secondary N) is 1. The van der Waals surface area contributed by atoms with Crippen molar-refractivity contribution < 1.29 is 27.8 Å². The molecule has 3 rings (SSSR count). The lowest BCUT2D eigenvalue weighted by molar-refractivity contribution is -0.137. The molecule has 2 N–H and O–H groups in total. The molecular weight excluding hydrogens is 496 g/mol. The lowest BCUT2D eigenvalue weighted by Crippen LogP contribution is -2.26. The standard InChI is InChI=1S/C23H19Cl2F3N2O4/c1-34-17-9-15(23(26,27)28)8-16(10-17)29-12-20-18(24)11-19(25)21(31)30(20)7-6-13-2-4-14(5-3-13)22(32)33/h2-5,8-11,29H,6-7,12H2,1H3,(H,32,33). The van der Waals surface area contributed by atoms with Gasteiger partial charge in [-0.1, -0.05) is 35.3 Å². The fourth-order valence-corrected chi connectivity index (χ4v) is 3.82. The number of pyridine rings is 1. The minimum Gasteiger partial charge on any atom is -0.497 e. The highest BCUT2D eigenvalue weighted by atomic mass is 35.5. The third-order valence-electron chi connectivity index (χ3n) is 5.06. The van der Waals surface area contributed by atoms with Crippen molar-refractivity contribution >= 4 is 34.9 Å². The van der Waals surface area contributed by atoms with Crippen LogP contribution < -0.4 is 15.6 Å². The van der Waals surface area contributed by atoms with Crippen LogP contribution in [0.5, 0.6) is 5.75 Å². The zero-order valence-electron chi connectivity index (χ0n) is 17.7. The van der Waals surface area contributed by atoms with E-state index in [1.54, 1.807) is 12.1 Å². The van der Waals surface area contributed by atoms with E-state index in [1.165, 1.54) is 35.9 Å². The van der Waals surface area contributed by atoms with E-state index in [-0.39, 0.29) is 40.1 Å². The Morgan fingerprint density at radius 3 is 2.35 bits per heavy atom. The van der Waals surface area contributed by atoms with Crippen molar-refractivity contribution in [3.63, 3.8) is 0 Å². The van der Waals surface area contributed by atoms with Gasteiger partial charge in [0.2, 0.25) is 0 Å². The van der Waals surface area contributed by atoms with E-state index in [9.17, 15) is 22.8 Å². The molecule has 11 heteroatoms. The molecule has 2 aromatic carbocycles. The molecule has 0 radical (unpaired) electrons. The maximum absolute atomic E-state index is 13.2. The number of anilines is 1. The van der Waals surface area contributed by atoms with Gasteiger partial charge in [0.1, 0.15) is 10.8 Å². The first-order chi connectivity index (χ1) is 16.0. The van der Waals surface area contributed by atoms with Crippen molar-refractivity contribution in [2.75, 3.05) is 12.4 Å². The first-order valence-corrected chi connectivity index (χ1v) is 10.6. The van der Waals surface area contributed by atoms with Gasteiger partial charge in [-0.3, -0.25) is 4.79 Å². The van der Waals surface area contributed by atoms with Gasteiger partial charge < -0.3 is 19.7 Å². The van der Waals surface area contributed by atoms with E-state index in [2.05, 4.69) is 5.32 Å². The van der Waals surface area contributed by atoms with Gasteiger partial charge in [-0.05, 0) is 42.3 Å². The predicted octanol–water partition coefficient (Wildman–Crippen LogP) is 5.74. The maximum Gasteiger partial charge on any atom is 0.416 e. The molecule has 0 unspecified atom stereocenters. The number of methoxy groups -OCH3 is 1. The quantitative estimate of drug-likeness (QED) is 0.400. The molecule has 1 aromatic heterocycles. The molecule has 0 aliphatic rings. The van der Waals surface area contributed by atoms with Crippen LogP contribution in [0.2, 0.25) is 10.0 Å². The third-order valence-corrected chi connectivity index (χ3v) is 5.66. The van der Waals surface area contributed by atoms with Gasteiger partial charge >= 0.3 is 12.1 Å². The number of benzene rings is 2. The highest BCUT2D eigenvalue weighted by Gasteiger charge is 2.31. The molecule has 0 saturated carbocycles. The normalized spacial score (nSPS) is 11.4. The number of halogens is 5. The Bertz CT molecular complexity index is 1260. The number of hydrogen-bond donors (Lipinski definition) is 2. The van der Waals surface area contributed by atoms with Gasteiger partial charge in [-0.2, -0.15) is 13.2 Å². The van der Waals surface area contributed by atoms with Gasteiger partial charge in [0, 0.05) is 18.3 Å². The minimum absolute atomic E-state index is 0.0155. The summed E-state index contributed by atoms with van der Waals surface area (Å²) in [6, 6.07) is 10.7. The molecule has 0 aliphatic carbocycles. The molecule has 0 saturated heterocycles. The second kappa shape index (κ2) is 10.4. The number of aromatic carboxylic acids is 1. The molecule has 3 aromatic rings. The van der Waals surface area contributed by atoms with Gasteiger partial charge in [-0.25, -0.2) is 4.79 Å². The Kier molecular flexibility index (Phi) is 7.78. The number of hydrogen-bond acceptors (Lipinski definition) is 4. The minimum atomic E-state index is -4.57. The molecule has 1 heterocycles. The molecule has 0 spiro atoms. The van der Waals surface area contributed by atoms with Crippen LogP contribution in [0.4, 0.5) is 18.9 Å². The van der Waals surface area contributed by atoms with Crippen molar-refractivity contribution in [3.8, 4) is 5.75 Å². The van der Waals surface area contributed by atoms with Gasteiger partial charge in [0.15, 0.2) is 0 Å². The average Bonchev–Trinajstić information content (AvgIpc) is 2.79. The largest absolute Gasteiger partial charge is 0.497 e. The van der Waals surface area contributed by atoms with Crippen LogP contribution in [0.15, 0.2) is 53.3 Å². The second-order valence-corrected chi connectivity index (χ2v) is 8.11. The number of aromatic nitrogens is 1. The number of rotatable bonds is 8. The molecule has 34 heavy (non-hydrogen) atoms. The summed E-state index contributed by atoms with van der Waals surface area (Å²) < 4.78 is 45.9. The third kappa shape index (κ3) is 6.03. The molecular formula is C23H19Cl2F3N2O4. The molecule has 180 valence electrons.